The van der Waals surface area contributed by atoms with Gasteiger partial charge in [-0.1, -0.05) is 27.7 Å². The van der Waals surface area contributed by atoms with Crippen LogP contribution in [0.25, 0.3) is 0 Å². The fraction of sp³-hybridized carbons (Fsp3) is 0.636. The number of alkyl halides is 2. The topological polar surface area (TPSA) is 87.9 Å². The van der Waals surface area contributed by atoms with Crippen LogP contribution in [0, 0.1) is 11.8 Å². The summed E-state index contributed by atoms with van der Waals surface area (Å²) < 4.78 is 32.6. The van der Waals surface area contributed by atoms with Crippen molar-refractivity contribution in [3.63, 3.8) is 0 Å². The number of anilines is 2. The number of hydrogen-bond donors (Lipinski definition) is 2. The van der Waals surface area contributed by atoms with Crippen LogP contribution in [0.4, 0.5) is 20.2 Å². The van der Waals surface area contributed by atoms with E-state index in [0.29, 0.717) is 24.9 Å². The van der Waals surface area contributed by atoms with Gasteiger partial charge in [-0.2, -0.15) is 0 Å². The molecule has 0 bridgehead atoms. The van der Waals surface area contributed by atoms with Crippen LogP contribution in [-0.4, -0.2) is 62.1 Å². The van der Waals surface area contributed by atoms with E-state index in [0.717, 1.165) is 0 Å². The molecule has 0 radical (unpaired) electrons. The summed E-state index contributed by atoms with van der Waals surface area (Å²) in [6.45, 7) is 10.2. The molecule has 1 saturated heterocycles. The Morgan fingerprint density at radius 2 is 1.87 bits per heavy atom. The van der Waals surface area contributed by atoms with Crippen LogP contribution in [-0.2, 0) is 14.3 Å². The molecule has 0 spiro atoms. The summed E-state index contributed by atoms with van der Waals surface area (Å²) in [7, 11) is 0. The molecular formula is C22H34F2N4O3. The van der Waals surface area contributed by atoms with Gasteiger partial charge in [-0.3, -0.25) is 14.5 Å². The highest BCUT2D eigenvalue weighted by Crippen LogP contribution is 2.33. The smallest absolute Gasteiger partial charge is 0.265 e. The Balaban J connectivity index is 2.24. The first-order valence-corrected chi connectivity index (χ1v) is 10.7. The Morgan fingerprint density at radius 3 is 2.39 bits per heavy atom. The molecule has 0 unspecified atom stereocenters. The number of rotatable bonds is 10. The van der Waals surface area contributed by atoms with Gasteiger partial charge in [0.15, 0.2) is 0 Å². The van der Waals surface area contributed by atoms with Gasteiger partial charge >= 0.3 is 0 Å². The molecule has 9 heteroatoms. The van der Waals surface area contributed by atoms with Gasteiger partial charge in [0, 0.05) is 37.4 Å². The van der Waals surface area contributed by atoms with Gasteiger partial charge < -0.3 is 20.7 Å². The van der Waals surface area contributed by atoms with Crippen LogP contribution >= 0.6 is 0 Å². The van der Waals surface area contributed by atoms with E-state index >= 15 is 0 Å². The summed E-state index contributed by atoms with van der Waals surface area (Å²) in [6.07, 6.45) is -2.80. The van der Waals surface area contributed by atoms with Crippen molar-refractivity contribution >= 4 is 23.2 Å². The van der Waals surface area contributed by atoms with Gasteiger partial charge in [-0.15, -0.1) is 0 Å². The Kier molecular flexibility index (Phi) is 9.33. The van der Waals surface area contributed by atoms with E-state index in [-0.39, 0.29) is 55.1 Å². The number of nitrogens with two attached hydrogens (primary N) is 1. The van der Waals surface area contributed by atoms with Crippen LogP contribution in [0.1, 0.15) is 39.7 Å². The van der Waals surface area contributed by atoms with Crippen molar-refractivity contribution in [2.45, 2.75) is 40.2 Å². The fourth-order valence-electron chi connectivity index (χ4n) is 3.74. The van der Waals surface area contributed by atoms with E-state index in [1.54, 1.807) is 0 Å². The number of carbonyl (C=O) groups is 2. The number of amides is 2. The number of nitrogens with zero attached hydrogens (tertiary/aromatic N) is 2. The minimum absolute atomic E-state index is 0.118. The number of ether oxygens (including phenoxy) is 1. The average molecular weight is 441 g/mol. The molecule has 174 valence electrons. The maximum Gasteiger partial charge on any atom is 0.265 e. The van der Waals surface area contributed by atoms with Gasteiger partial charge in [-0.05, 0) is 30.0 Å². The maximum atomic E-state index is 13.8. The molecule has 7 nitrogen and oxygen atoms in total. The number of carbonyl (C=O) groups excluding carboxylic acids is 2. The van der Waals surface area contributed by atoms with Crippen LogP contribution in [0.15, 0.2) is 18.2 Å². The van der Waals surface area contributed by atoms with Crippen molar-refractivity contribution in [2.24, 2.45) is 17.6 Å². The standard InChI is InChI=1S/C22H34F2N4O3/c1-14(2)11-27(12-15(3)4)19(10-25)22(30)26-16-5-6-18(17(9-16)21(23)24)28-7-8-31-13-20(28)29/h5-6,9,14-15,19,21H,7-8,10-13,25H2,1-4H3,(H,26,30)/t19-/m0/s1. The fourth-order valence-corrected chi connectivity index (χ4v) is 3.74. The molecule has 0 aromatic heterocycles. The van der Waals surface area contributed by atoms with Crippen molar-refractivity contribution in [3.05, 3.63) is 23.8 Å². The molecule has 1 atom stereocenters. The van der Waals surface area contributed by atoms with Crippen LogP contribution in [0.5, 0.6) is 0 Å². The Labute approximate surface area is 182 Å². The molecule has 1 fully saturated rings. The molecule has 1 aliphatic rings. The summed E-state index contributed by atoms with van der Waals surface area (Å²) >= 11 is 0. The Hall–Kier alpha value is -2.10. The molecule has 2 amide bonds. The third-order valence-corrected chi connectivity index (χ3v) is 4.97. The predicted octanol–water partition coefficient (Wildman–Crippen LogP) is 2.87. The molecule has 1 aromatic rings. The molecule has 1 aromatic carbocycles. The highest BCUT2D eigenvalue weighted by molar-refractivity contribution is 5.97. The van der Waals surface area contributed by atoms with Gasteiger partial charge in [-0.25, -0.2) is 8.78 Å². The first-order valence-electron chi connectivity index (χ1n) is 10.7. The zero-order valence-corrected chi connectivity index (χ0v) is 18.7. The van der Waals surface area contributed by atoms with E-state index in [1.165, 1.54) is 23.1 Å². The highest BCUT2D eigenvalue weighted by Gasteiger charge is 2.28. The van der Waals surface area contributed by atoms with Crippen molar-refractivity contribution in [3.8, 4) is 0 Å². The molecular weight excluding hydrogens is 406 g/mol. The largest absolute Gasteiger partial charge is 0.370 e. The average Bonchev–Trinajstić information content (AvgIpc) is 2.68. The Morgan fingerprint density at radius 1 is 1.23 bits per heavy atom. The van der Waals surface area contributed by atoms with Gasteiger partial charge in [0.25, 0.3) is 12.3 Å². The summed E-state index contributed by atoms with van der Waals surface area (Å²) in [4.78, 5) is 28.4. The molecule has 0 aliphatic carbocycles. The van der Waals surface area contributed by atoms with Gasteiger partial charge in [0.1, 0.15) is 12.6 Å². The van der Waals surface area contributed by atoms with Gasteiger partial charge in [0.2, 0.25) is 5.91 Å². The maximum absolute atomic E-state index is 13.8. The third kappa shape index (κ3) is 6.95. The first-order chi connectivity index (χ1) is 14.6. The Bertz CT molecular complexity index is 748. The number of nitrogens with one attached hydrogen (secondary N) is 1. The van der Waals surface area contributed by atoms with E-state index < -0.39 is 12.5 Å². The third-order valence-electron chi connectivity index (χ3n) is 4.97. The second-order valence-corrected chi connectivity index (χ2v) is 8.65. The highest BCUT2D eigenvalue weighted by atomic mass is 19.3. The lowest BCUT2D eigenvalue weighted by Gasteiger charge is -2.33. The number of benzene rings is 1. The molecule has 31 heavy (non-hydrogen) atoms. The minimum atomic E-state index is -2.80. The molecule has 2 rings (SSSR count). The van der Waals surface area contributed by atoms with E-state index in [1.807, 2.05) is 4.90 Å². The van der Waals surface area contributed by atoms with Crippen LogP contribution in [0.3, 0.4) is 0 Å². The van der Waals surface area contributed by atoms with Crippen LogP contribution in [0.2, 0.25) is 0 Å². The molecule has 0 saturated carbocycles. The zero-order chi connectivity index (χ0) is 23.1. The first kappa shape index (κ1) is 25.2. The van der Waals surface area contributed by atoms with Crippen molar-refractivity contribution in [2.75, 3.05) is 49.6 Å². The summed E-state index contributed by atoms with van der Waals surface area (Å²) in [6, 6.07) is 3.63. The lowest BCUT2D eigenvalue weighted by molar-refractivity contribution is -0.125. The second kappa shape index (κ2) is 11.5. The number of morpholine rings is 1. The monoisotopic (exact) mass is 440 g/mol. The van der Waals surface area contributed by atoms with Crippen molar-refractivity contribution < 1.29 is 23.1 Å². The SMILES string of the molecule is CC(C)CN(CC(C)C)[C@@H](CN)C(=O)Nc1ccc(N2CCOCC2=O)c(C(F)F)c1. The normalized spacial score (nSPS) is 16.0. The molecule has 3 N–H and O–H groups in total. The van der Waals surface area contributed by atoms with E-state index in [9.17, 15) is 18.4 Å². The lowest BCUT2D eigenvalue weighted by Crippen LogP contribution is -2.51. The number of halogens is 2. The minimum Gasteiger partial charge on any atom is -0.370 e. The quantitative estimate of drug-likeness (QED) is 0.584. The van der Waals surface area contributed by atoms with Gasteiger partial charge in [0.05, 0.1) is 12.3 Å². The predicted molar refractivity (Wildman–Crippen MR) is 117 cm³/mol. The molecule has 1 aliphatic heterocycles. The zero-order valence-electron chi connectivity index (χ0n) is 18.7. The van der Waals surface area contributed by atoms with E-state index in [4.69, 9.17) is 10.5 Å². The van der Waals surface area contributed by atoms with Crippen molar-refractivity contribution in [1.29, 1.82) is 0 Å². The van der Waals surface area contributed by atoms with Crippen LogP contribution < -0.4 is 16.0 Å². The molecule has 1 heterocycles. The second-order valence-electron chi connectivity index (χ2n) is 8.65. The lowest BCUT2D eigenvalue weighted by atomic mass is 10.1. The van der Waals surface area contributed by atoms with Crippen molar-refractivity contribution in [1.82, 2.24) is 4.90 Å². The van der Waals surface area contributed by atoms with E-state index in [2.05, 4.69) is 33.0 Å². The summed E-state index contributed by atoms with van der Waals surface area (Å²) in [5, 5.41) is 2.73. The summed E-state index contributed by atoms with van der Waals surface area (Å²) in [5.74, 6) is -0.0156. The summed E-state index contributed by atoms with van der Waals surface area (Å²) in [5.41, 5.74) is 5.99. The number of hydrogen-bond acceptors (Lipinski definition) is 5.